The summed E-state index contributed by atoms with van der Waals surface area (Å²) in [5, 5.41) is 23.4. The lowest BCUT2D eigenvalue weighted by atomic mass is 10.0. The minimum Gasteiger partial charge on any atom is -0.394 e. The lowest BCUT2D eigenvalue weighted by Gasteiger charge is -2.22. The second-order valence-electron chi connectivity index (χ2n) is 21.1. The maximum absolute atomic E-state index is 12.5. The molecule has 4 heteroatoms. The zero-order valence-corrected chi connectivity index (χ0v) is 44.3. The van der Waals surface area contributed by atoms with Crippen LogP contribution in [-0.2, 0) is 4.79 Å². The Balaban J connectivity index is 3.38. The van der Waals surface area contributed by atoms with E-state index in [0.717, 1.165) is 25.7 Å². The number of rotatable bonds is 57. The summed E-state index contributed by atoms with van der Waals surface area (Å²) in [4.78, 5) is 12.5. The van der Waals surface area contributed by atoms with Gasteiger partial charge in [-0.3, -0.25) is 4.79 Å². The largest absolute Gasteiger partial charge is 0.394 e. The minimum atomic E-state index is -0.655. The highest BCUT2D eigenvalue weighted by molar-refractivity contribution is 5.76. The first-order valence-electron chi connectivity index (χ1n) is 30.2. The molecule has 0 aliphatic heterocycles. The van der Waals surface area contributed by atoms with Crippen LogP contribution >= 0.6 is 0 Å². The average molecular weight is 905 g/mol. The summed E-state index contributed by atoms with van der Waals surface area (Å²) in [6, 6.07) is -0.532. The van der Waals surface area contributed by atoms with E-state index in [1.54, 1.807) is 0 Å². The molecular weight excluding hydrogens is 783 g/mol. The van der Waals surface area contributed by atoms with Crippen molar-refractivity contribution >= 4 is 5.91 Å². The quantitative estimate of drug-likeness (QED) is 0.0533. The van der Waals surface area contributed by atoms with Crippen LogP contribution in [-0.4, -0.2) is 34.9 Å². The Hall–Kier alpha value is -0.610. The molecule has 0 aromatic heterocycles. The molecule has 3 N–H and O–H groups in total. The molecule has 0 bridgehead atoms. The standard InChI is InChI=1S/C60H121NO3/c1-3-5-7-9-11-13-15-17-19-21-23-25-27-28-29-30-31-32-34-36-38-40-42-44-46-48-50-52-54-56-60(64)61-58(57-62)59(63)55-53-51-49-47-45-43-41-39-37-35-33-26-24-22-20-18-16-14-12-10-8-6-4-2/h58-59,62-63H,3-57H2,1-2H3,(H,61,64). The minimum absolute atomic E-state index is 0.0209. The van der Waals surface area contributed by atoms with Crippen molar-refractivity contribution in [2.45, 2.75) is 373 Å². The fraction of sp³-hybridized carbons (Fsp3) is 0.983. The van der Waals surface area contributed by atoms with Gasteiger partial charge >= 0.3 is 0 Å². The Labute approximate surface area is 404 Å². The molecule has 0 aliphatic rings. The fourth-order valence-corrected chi connectivity index (χ4v) is 10.0. The van der Waals surface area contributed by atoms with Gasteiger partial charge in [-0.15, -0.1) is 0 Å². The molecule has 2 unspecified atom stereocenters. The number of hydrogen-bond acceptors (Lipinski definition) is 3. The molecule has 0 heterocycles. The highest BCUT2D eigenvalue weighted by Crippen LogP contribution is 2.19. The van der Waals surface area contributed by atoms with Gasteiger partial charge in [0.2, 0.25) is 5.91 Å². The molecule has 384 valence electrons. The first-order valence-corrected chi connectivity index (χ1v) is 30.2. The Kier molecular flexibility index (Phi) is 56.2. The van der Waals surface area contributed by atoms with Crippen LogP contribution in [0.1, 0.15) is 361 Å². The Morgan fingerprint density at radius 2 is 0.500 bits per heavy atom. The van der Waals surface area contributed by atoms with Crippen LogP contribution in [0.15, 0.2) is 0 Å². The summed E-state index contributed by atoms with van der Waals surface area (Å²) in [5.41, 5.74) is 0. The van der Waals surface area contributed by atoms with Crippen LogP contribution in [0.5, 0.6) is 0 Å². The number of nitrogens with one attached hydrogen (secondary N) is 1. The van der Waals surface area contributed by atoms with Crippen molar-refractivity contribution in [3.63, 3.8) is 0 Å². The van der Waals surface area contributed by atoms with E-state index >= 15 is 0 Å². The van der Waals surface area contributed by atoms with E-state index in [1.807, 2.05) is 0 Å². The van der Waals surface area contributed by atoms with Gasteiger partial charge in [-0.1, -0.05) is 341 Å². The van der Waals surface area contributed by atoms with Crippen molar-refractivity contribution in [2.75, 3.05) is 6.61 Å². The molecule has 4 nitrogen and oxygen atoms in total. The summed E-state index contributed by atoms with van der Waals surface area (Å²) >= 11 is 0. The van der Waals surface area contributed by atoms with E-state index in [9.17, 15) is 15.0 Å². The predicted molar refractivity (Wildman–Crippen MR) is 286 cm³/mol. The molecule has 0 aromatic rings. The summed E-state index contributed by atoms with van der Waals surface area (Å²) in [6.45, 7) is 4.41. The molecule has 64 heavy (non-hydrogen) atoms. The number of aliphatic hydroxyl groups is 2. The summed E-state index contributed by atoms with van der Waals surface area (Å²) < 4.78 is 0. The number of unbranched alkanes of at least 4 members (excludes halogenated alkanes) is 50. The lowest BCUT2D eigenvalue weighted by Crippen LogP contribution is -2.45. The summed E-state index contributed by atoms with van der Waals surface area (Å²) in [5.74, 6) is -0.0209. The zero-order chi connectivity index (χ0) is 46.3. The van der Waals surface area contributed by atoms with Gasteiger partial charge in [-0.25, -0.2) is 0 Å². The number of carbonyl (C=O) groups is 1. The smallest absolute Gasteiger partial charge is 0.220 e. The van der Waals surface area contributed by atoms with Crippen molar-refractivity contribution in [2.24, 2.45) is 0 Å². The predicted octanol–water partition coefficient (Wildman–Crippen LogP) is 19.9. The van der Waals surface area contributed by atoms with Crippen molar-refractivity contribution < 1.29 is 15.0 Å². The highest BCUT2D eigenvalue weighted by atomic mass is 16.3. The molecular formula is C60H121NO3. The molecule has 0 spiro atoms. The fourth-order valence-electron chi connectivity index (χ4n) is 10.0. The Morgan fingerprint density at radius 1 is 0.312 bits per heavy atom. The summed E-state index contributed by atoms with van der Waals surface area (Å²) in [7, 11) is 0. The summed E-state index contributed by atoms with van der Waals surface area (Å²) in [6.07, 6.45) is 72.6. The first kappa shape index (κ1) is 63.4. The van der Waals surface area contributed by atoms with Crippen molar-refractivity contribution in [3.8, 4) is 0 Å². The van der Waals surface area contributed by atoms with Crippen molar-refractivity contribution in [1.82, 2.24) is 5.32 Å². The van der Waals surface area contributed by atoms with E-state index in [1.165, 1.54) is 308 Å². The van der Waals surface area contributed by atoms with Gasteiger partial charge in [0.1, 0.15) is 0 Å². The van der Waals surface area contributed by atoms with E-state index in [2.05, 4.69) is 19.2 Å². The van der Waals surface area contributed by atoms with E-state index in [-0.39, 0.29) is 12.5 Å². The third-order valence-electron chi connectivity index (χ3n) is 14.6. The van der Waals surface area contributed by atoms with Gasteiger partial charge in [-0.05, 0) is 12.8 Å². The van der Waals surface area contributed by atoms with Crippen LogP contribution in [0, 0.1) is 0 Å². The molecule has 2 atom stereocenters. The highest BCUT2D eigenvalue weighted by Gasteiger charge is 2.20. The SMILES string of the molecule is CCCCCCCCCCCCCCCCCCCCCCCCCCCCCCCC(=O)NC(CO)C(O)CCCCCCCCCCCCCCCCCCCCCCCCC. The van der Waals surface area contributed by atoms with Crippen LogP contribution in [0.3, 0.4) is 0 Å². The second-order valence-corrected chi connectivity index (χ2v) is 21.1. The van der Waals surface area contributed by atoms with Gasteiger partial charge in [0.15, 0.2) is 0 Å². The topological polar surface area (TPSA) is 69.6 Å². The number of amides is 1. The Bertz CT molecular complexity index is 849. The molecule has 0 rings (SSSR count). The van der Waals surface area contributed by atoms with Crippen LogP contribution in [0.4, 0.5) is 0 Å². The maximum atomic E-state index is 12.5. The van der Waals surface area contributed by atoms with Gasteiger partial charge in [0.05, 0.1) is 18.8 Å². The molecule has 0 fully saturated rings. The first-order chi connectivity index (χ1) is 31.7. The average Bonchev–Trinajstić information content (AvgIpc) is 3.30. The van der Waals surface area contributed by atoms with E-state index in [4.69, 9.17) is 0 Å². The van der Waals surface area contributed by atoms with Crippen molar-refractivity contribution in [1.29, 1.82) is 0 Å². The van der Waals surface area contributed by atoms with Gasteiger partial charge < -0.3 is 15.5 Å². The van der Waals surface area contributed by atoms with Gasteiger partial charge in [-0.2, -0.15) is 0 Å². The molecule has 0 aliphatic carbocycles. The monoisotopic (exact) mass is 904 g/mol. The molecule has 0 aromatic carbocycles. The third-order valence-corrected chi connectivity index (χ3v) is 14.6. The second kappa shape index (κ2) is 56.7. The zero-order valence-electron chi connectivity index (χ0n) is 44.3. The van der Waals surface area contributed by atoms with Crippen molar-refractivity contribution in [3.05, 3.63) is 0 Å². The Morgan fingerprint density at radius 3 is 0.703 bits per heavy atom. The van der Waals surface area contributed by atoms with Gasteiger partial charge in [0, 0.05) is 6.42 Å². The molecule has 0 radical (unpaired) electrons. The van der Waals surface area contributed by atoms with E-state index in [0.29, 0.717) is 12.8 Å². The molecule has 1 amide bonds. The third kappa shape index (κ3) is 52.4. The van der Waals surface area contributed by atoms with Gasteiger partial charge in [0.25, 0.3) is 0 Å². The number of carbonyl (C=O) groups excluding carboxylic acids is 1. The maximum Gasteiger partial charge on any atom is 0.220 e. The normalized spacial score (nSPS) is 12.6. The van der Waals surface area contributed by atoms with Crippen LogP contribution < -0.4 is 5.32 Å². The van der Waals surface area contributed by atoms with E-state index < -0.39 is 12.1 Å². The molecule has 0 saturated carbocycles. The number of aliphatic hydroxyl groups excluding tert-OH is 2. The van der Waals surface area contributed by atoms with Crippen LogP contribution in [0.25, 0.3) is 0 Å². The lowest BCUT2D eigenvalue weighted by molar-refractivity contribution is -0.123. The number of hydrogen-bond donors (Lipinski definition) is 3. The van der Waals surface area contributed by atoms with Crippen LogP contribution in [0.2, 0.25) is 0 Å². The molecule has 0 saturated heterocycles.